The molecule has 0 amide bonds. The molecule has 3 rings (SSSR count). The van der Waals surface area contributed by atoms with Crippen molar-refractivity contribution in [2.45, 2.75) is 71.6 Å². The third-order valence-corrected chi connectivity index (χ3v) is 5.45. The van der Waals surface area contributed by atoms with Crippen molar-refractivity contribution in [3.63, 3.8) is 0 Å². The lowest BCUT2D eigenvalue weighted by molar-refractivity contribution is -0.305. The van der Waals surface area contributed by atoms with Crippen molar-refractivity contribution in [3.8, 4) is 0 Å². The third kappa shape index (κ3) is 7.86. The van der Waals surface area contributed by atoms with Gasteiger partial charge in [0.2, 0.25) is 0 Å². The van der Waals surface area contributed by atoms with Crippen LogP contribution in [-0.4, -0.2) is 54.4 Å². The first kappa shape index (κ1) is 26.8. The minimum atomic E-state index is -1.50. The van der Waals surface area contributed by atoms with Crippen LogP contribution in [0.2, 0.25) is 0 Å². The molecular weight excluding hydrogens is 452 g/mol. The molecule has 1 fully saturated rings. The Kier molecular flexibility index (Phi) is 9.40. The number of hydrogen-bond acceptors (Lipinski definition) is 8. The number of rotatable bonds is 9. The Morgan fingerprint density at radius 2 is 1.43 bits per heavy atom. The van der Waals surface area contributed by atoms with Crippen molar-refractivity contribution in [3.05, 3.63) is 71.8 Å². The molecule has 0 spiro atoms. The van der Waals surface area contributed by atoms with E-state index in [-0.39, 0.29) is 13.2 Å². The predicted molar refractivity (Wildman–Crippen MR) is 127 cm³/mol. The first-order valence-corrected chi connectivity index (χ1v) is 11.6. The first-order chi connectivity index (χ1) is 16.6. The van der Waals surface area contributed by atoms with Crippen LogP contribution in [0.3, 0.4) is 0 Å². The van der Waals surface area contributed by atoms with Gasteiger partial charge in [0, 0.05) is 6.92 Å². The molecule has 0 aliphatic carbocycles. The molecule has 2 aromatic carbocycles. The van der Waals surface area contributed by atoms with E-state index in [9.17, 15) is 14.7 Å². The molecule has 0 bridgehead atoms. The van der Waals surface area contributed by atoms with E-state index in [1.54, 1.807) is 20.8 Å². The maximum Gasteiger partial charge on any atom is 0.311 e. The molecule has 0 saturated carbocycles. The van der Waals surface area contributed by atoms with E-state index in [1.807, 2.05) is 60.7 Å². The normalized spacial score (nSPS) is 24.5. The van der Waals surface area contributed by atoms with Gasteiger partial charge >= 0.3 is 11.9 Å². The molecule has 8 heteroatoms. The van der Waals surface area contributed by atoms with Gasteiger partial charge in [-0.15, -0.1) is 0 Å². The monoisotopic (exact) mass is 486 g/mol. The zero-order chi connectivity index (χ0) is 25.4. The van der Waals surface area contributed by atoms with E-state index in [0.29, 0.717) is 6.61 Å². The molecule has 8 nitrogen and oxygen atoms in total. The number of esters is 2. The lowest BCUT2D eigenvalue weighted by Gasteiger charge is -2.44. The van der Waals surface area contributed by atoms with Gasteiger partial charge in [0.1, 0.15) is 12.2 Å². The average molecular weight is 487 g/mol. The number of hydrogen-bond donors (Lipinski definition) is 1. The van der Waals surface area contributed by atoms with Crippen LogP contribution in [0.5, 0.6) is 0 Å². The number of benzene rings is 2. The van der Waals surface area contributed by atoms with E-state index in [1.165, 1.54) is 6.92 Å². The Labute approximate surface area is 206 Å². The molecule has 35 heavy (non-hydrogen) atoms. The molecule has 1 N–H and O–H groups in total. The summed E-state index contributed by atoms with van der Waals surface area (Å²) in [6.45, 7) is 6.87. The molecule has 190 valence electrons. The van der Waals surface area contributed by atoms with Crippen LogP contribution in [-0.2, 0) is 46.5 Å². The van der Waals surface area contributed by atoms with Gasteiger partial charge in [-0.25, -0.2) is 0 Å². The van der Waals surface area contributed by atoms with Gasteiger partial charge in [-0.05, 0) is 31.9 Å². The van der Waals surface area contributed by atoms with Crippen molar-refractivity contribution in [2.24, 2.45) is 5.41 Å². The van der Waals surface area contributed by atoms with Crippen molar-refractivity contribution in [1.29, 1.82) is 0 Å². The fraction of sp³-hybridized carbons (Fsp3) is 0.481. The van der Waals surface area contributed by atoms with Gasteiger partial charge < -0.3 is 28.8 Å². The zero-order valence-electron chi connectivity index (χ0n) is 20.6. The van der Waals surface area contributed by atoms with Gasteiger partial charge in [-0.3, -0.25) is 9.59 Å². The molecule has 1 heterocycles. The highest BCUT2D eigenvalue weighted by Gasteiger charge is 2.51. The van der Waals surface area contributed by atoms with Crippen molar-refractivity contribution >= 4 is 11.9 Å². The van der Waals surface area contributed by atoms with Gasteiger partial charge in [0.15, 0.2) is 18.5 Å². The first-order valence-electron chi connectivity index (χ1n) is 11.6. The minimum absolute atomic E-state index is 0.0229. The third-order valence-electron chi connectivity index (χ3n) is 5.45. The standard InChI is InChI=1S/C27H34O8/c1-18(28)33-22-21(17-31-15-19-11-7-5-8-12-19)34-25(29)24(35-26(30)27(2,3)4)23(22)32-16-20-13-9-6-10-14-20/h5-14,21-25,29H,15-17H2,1-4H3/t21-,22-,23+,24+,25+/m1/s1. The molecule has 0 radical (unpaired) electrons. The van der Waals surface area contributed by atoms with Crippen LogP contribution in [0.1, 0.15) is 38.8 Å². The summed E-state index contributed by atoms with van der Waals surface area (Å²) in [5, 5.41) is 10.8. The number of carbonyl (C=O) groups excluding carboxylic acids is 2. The predicted octanol–water partition coefficient (Wildman–Crippen LogP) is 3.40. The largest absolute Gasteiger partial charge is 0.457 e. The average Bonchev–Trinajstić information content (AvgIpc) is 2.81. The smallest absolute Gasteiger partial charge is 0.311 e. The minimum Gasteiger partial charge on any atom is -0.457 e. The molecular formula is C27H34O8. The summed E-state index contributed by atoms with van der Waals surface area (Å²) in [5.41, 5.74) is 1.01. The van der Waals surface area contributed by atoms with Gasteiger partial charge in [0.05, 0.1) is 25.2 Å². The van der Waals surface area contributed by atoms with Crippen LogP contribution >= 0.6 is 0 Å². The summed E-state index contributed by atoms with van der Waals surface area (Å²) < 4.78 is 28.9. The second-order valence-electron chi connectivity index (χ2n) is 9.52. The van der Waals surface area contributed by atoms with E-state index >= 15 is 0 Å². The van der Waals surface area contributed by atoms with Crippen molar-refractivity contribution < 1.29 is 38.4 Å². The summed E-state index contributed by atoms with van der Waals surface area (Å²) in [6.07, 6.45) is -5.52. The summed E-state index contributed by atoms with van der Waals surface area (Å²) in [5.74, 6) is -1.10. The van der Waals surface area contributed by atoms with Crippen LogP contribution in [0, 0.1) is 5.41 Å². The summed E-state index contributed by atoms with van der Waals surface area (Å²) in [6, 6.07) is 19.0. The van der Waals surface area contributed by atoms with Crippen molar-refractivity contribution in [2.75, 3.05) is 6.61 Å². The summed E-state index contributed by atoms with van der Waals surface area (Å²) >= 11 is 0. The topological polar surface area (TPSA) is 101 Å². The SMILES string of the molecule is CC(=O)O[C@H]1[C@H](OCc2ccccc2)[C@H](OC(=O)C(C)(C)C)[C@@H](O)O[C@@H]1COCc1ccccc1. The molecule has 0 aromatic heterocycles. The lowest BCUT2D eigenvalue weighted by atomic mass is 9.95. The molecule has 0 unspecified atom stereocenters. The lowest BCUT2D eigenvalue weighted by Crippen LogP contribution is -2.62. The number of aliphatic hydroxyl groups excluding tert-OH is 1. The number of ether oxygens (including phenoxy) is 5. The van der Waals surface area contributed by atoms with E-state index in [4.69, 9.17) is 23.7 Å². The molecule has 5 atom stereocenters. The molecule has 2 aromatic rings. The Morgan fingerprint density at radius 3 is 1.97 bits per heavy atom. The van der Waals surface area contributed by atoms with Crippen LogP contribution in [0.4, 0.5) is 0 Å². The van der Waals surface area contributed by atoms with Crippen molar-refractivity contribution in [1.82, 2.24) is 0 Å². The second kappa shape index (κ2) is 12.3. The van der Waals surface area contributed by atoms with Crippen LogP contribution in [0.25, 0.3) is 0 Å². The summed E-state index contributed by atoms with van der Waals surface area (Å²) in [4.78, 5) is 24.7. The Balaban J connectivity index is 1.81. The van der Waals surface area contributed by atoms with Crippen LogP contribution < -0.4 is 0 Å². The molecule has 1 aliphatic rings. The highest BCUT2D eigenvalue weighted by molar-refractivity contribution is 5.75. The summed E-state index contributed by atoms with van der Waals surface area (Å²) in [7, 11) is 0. The van der Waals surface area contributed by atoms with Crippen LogP contribution in [0.15, 0.2) is 60.7 Å². The van der Waals surface area contributed by atoms with Gasteiger partial charge in [-0.1, -0.05) is 60.7 Å². The zero-order valence-corrected chi connectivity index (χ0v) is 20.6. The number of aliphatic hydroxyl groups is 1. The molecule has 1 saturated heterocycles. The maximum atomic E-state index is 12.7. The Morgan fingerprint density at radius 1 is 0.857 bits per heavy atom. The number of carbonyl (C=O) groups is 2. The highest BCUT2D eigenvalue weighted by Crippen LogP contribution is 2.30. The highest BCUT2D eigenvalue weighted by atomic mass is 16.7. The van der Waals surface area contributed by atoms with E-state index in [2.05, 4.69) is 0 Å². The quantitative estimate of drug-likeness (QED) is 0.539. The fourth-order valence-electron chi connectivity index (χ4n) is 3.61. The Bertz CT molecular complexity index is 941. The van der Waals surface area contributed by atoms with E-state index in [0.717, 1.165) is 11.1 Å². The van der Waals surface area contributed by atoms with Gasteiger partial charge in [-0.2, -0.15) is 0 Å². The molecule has 1 aliphatic heterocycles. The van der Waals surface area contributed by atoms with Gasteiger partial charge in [0.25, 0.3) is 0 Å². The Hall–Kier alpha value is -2.78. The fourth-order valence-corrected chi connectivity index (χ4v) is 3.61. The maximum absolute atomic E-state index is 12.7. The second-order valence-corrected chi connectivity index (χ2v) is 9.52. The van der Waals surface area contributed by atoms with E-state index < -0.39 is 48.1 Å².